The van der Waals surface area contributed by atoms with Crippen molar-refractivity contribution in [3.8, 4) is 33.9 Å². The number of nitrogens with two attached hydrogens (primary N) is 1. The first-order valence-corrected chi connectivity index (χ1v) is 23.5. The Balaban J connectivity index is 0.795. The normalized spacial score (nSPS) is 16.3. The number of rotatable bonds is 22. The first kappa shape index (κ1) is 47.2. The SMILES string of the molecule is CNC(C)C(=O)NC(C(=O)N1CCC[C@H]1c1nc(C(=O)c2cccc(OCCOCCOCCNCc3ccc(-c4cc(-c5ccccc5O)nnc4N)cc3)c2)cs1)C1CCCCC1. The monoisotopic (exact) mass is 904 g/mol. The van der Waals surface area contributed by atoms with E-state index in [1.165, 1.54) is 11.3 Å². The standard InChI is InChI=1S/C49H60N8O7S/c1-32(51-2)47(60)54-44(35-10-4-3-5-11-35)49(61)57-22-9-15-42(57)48-53-41(31-65-48)45(59)36-12-8-13-37(28-36)64-27-26-63-25-24-62-23-21-52-30-33-17-19-34(20-18-33)39-29-40(55-56-46(39)50)38-14-6-7-16-43(38)58/h6-8,12-14,16-20,28-29,31-32,35,42,44,51-52,58H,3-5,9-11,15,21-27,30H2,1-2H3,(H2,50,56)(H,54,60)/t32?,42-,44?/m0/s1. The Bertz CT molecular complexity index is 2360. The number of aromatic nitrogens is 3. The highest BCUT2D eigenvalue weighted by molar-refractivity contribution is 7.10. The summed E-state index contributed by atoms with van der Waals surface area (Å²) in [7, 11) is 1.74. The summed E-state index contributed by atoms with van der Waals surface area (Å²) in [4.78, 5) is 47.4. The van der Waals surface area contributed by atoms with Gasteiger partial charge in [-0.1, -0.05) is 67.8 Å². The molecule has 1 aliphatic heterocycles. The van der Waals surface area contributed by atoms with E-state index in [0.29, 0.717) is 86.8 Å². The number of thiazole rings is 1. The molecular weight excluding hydrogens is 845 g/mol. The minimum atomic E-state index is -0.577. The maximum absolute atomic E-state index is 14.2. The van der Waals surface area contributed by atoms with Crippen LogP contribution in [0.2, 0.25) is 0 Å². The molecule has 1 saturated carbocycles. The topological polar surface area (TPSA) is 203 Å². The number of anilines is 1. The molecule has 16 heteroatoms. The van der Waals surface area contributed by atoms with Gasteiger partial charge in [0.25, 0.3) is 0 Å². The zero-order valence-electron chi connectivity index (χ0n) is 37.2. The van der Waals surface area contributed by atoms with Gasteiger partial charge in [0.05, 0.1) is 44.2 Å². The van der Waals surface area contributed by atoms with E-state index in [0.717, 1.165) is 66.6 Å². The third kappa shape index (κ3) is 12.5. The summed E-state index contributed by atoms with van der Waals surface area (Å²) in [5.74, 6) is 0.660. The zero-order chi connectivity index (χ0) is 45.5. The smallest absolute Gasteiger partial charge is 0.246 e. The molecule has 0 radical (unpaired) electrons. The average Bonchev–Trinajstić information content (AvgIpc) is 4.04. The number of phenols is 1. The van der Waals surface area contributed by atoms with E-state index in [-0.39, 0.29) is 35.3 Å². The number of benzene rings is 3. The summed E-state index contributed by atoms with van der Waals surface area (Å²) in [5, 5.41) is 30.5. The number of carbonyl (C=O) groups is 3. The Morgan fingerprint density at radius 3 is 2.43 bits per heavy atom. The second kappa shape index (κ2) is 23.4. The molecule has 2 amide bonds. The van der Waals surface area contributed by atoms with Crippen molar-refractivity contribution in [3.63, 3.8) is 0 Å². The van der Waals surface area contributed by atoms with Gasteiger partial charge in [-0.3, -0.25) is 14.4 Å². The summed E-state index contributed by atoms with van der Waals surface area (Å²) >= 11 is 1.40. The fourth-order valence-electron chi connectivity index (χ4n) is 8.32. The molecule has 2 aromatic heterocycles. The maximum Gasteiger partial charge on any atom is 0.246 e. The van der Waals surface area contributed by atoms with Crippen LogP contribution in [0.4, 0.5) is 5.82 Å². The van der Waals surface area contributed by atoms with E-state index in [2.05, 4.69) is 26.1 Å². The van der Waals surface area contributed by atoms with Crippen molar-refractivity contribution < 1.29 is 33.7 Å². The Morgan fingerprint density at radius 1 is 0.877 bits per heavy atom. The van der Waals surface area contributed by atoms with Gasteiger partial charge in [-0.2, -0.15) is 0 Å². The highest BCUT2D eigenvalue weighted by Gasteiger charge is 2.40. The lowest BCUT2D eigenvalue weighted by molar-refractivity contribution is -0.139. The van der Waals surface area contributed by atoms with Crippen LogP contribution in [0, 0.1) is 5.92 Å². The first-order chi connectivity index (χ1) is 31.7. The second-order valence-corrected chi connectivity index (χ2v) is 17.4. The molecule has 2 unspecified atom stereocenters. The molecule has 344 valence electrons. The van der Waals surface area contributed by atoms with Crippen LogP contribution >= 0.6 is 11.3 Å². The fourth-order valence-corrected chi connectivity index (χ4v) is 9.26. The van der Waals surface area contributed by atoms with Gasteiger partial charge in [-0.25, -0.2) is 4.98 Å². The number of ether oxygens (including phenoxy) is 3. The number of carbonyl (C=O) groups excluding carboxylic acids is 3. The Labute approximate surface area is 384 Å². The molecule has 3 aromatic carbocycles. The van der Waals surface area contributed by atoms with Crippen LogP contribution in [0.15, 0.2) is 84.2 Å². The van der Waals surface area contributed by atoms with Crippen molar-refractivity contribution in [1.82, 2.24) is 36.0 Å². The van der Waals surface area contributed by atoms with Crippen molar-refractivity contribution >= 4 is 34.8 Å². The molecule has 0 spiro atoms. The number of hydrogen-bond donors (Lipinski definition) is 5. The molecule has 5 aromatic rings. The Kier molecular flexibility index (Phi) is 17.0. The second-order valence-electron chi connectivity index (χ2n) is 16.5. The number of nitrogen functional groups attached to an aromatic ring is 1. The third-order valence-electron chi connectivity index (χ3n) is 12.1. The number of likely N-dealkylation sites (tertiary alicyclic amines) is 1. The van der Waals surface area contributed by atoms with E-state index in [1.807, 2.05) is 41.3 Å². The van der Waals surface area contributed by atoms with Gasteiger partial charge in [-0.05, 0) is 87.0 Å². The van der Waals surface area contributed by atoms with Gasteiger partial charge in [0.2, 0.25) is 17.6 Å². The van der Waals surface area contributed by atoms with Gasteiger partial charge >= 0.3 is 0 Å². The van der Waals surface area contributed by atoms with Crippen LogP contribution in [-0.2, 0) is 25.6 Å². The van der Waals surface area contributed by atoms with Crippen molar-refractivity contribution in [2.75, 3.05) is 58.9 Å². The van der Waals surface area contributed by atoms with Crippen LogP contribution in [0.25, 0.3) is 22.4 Å². The number of likely N-dealkylation sites (N-methyl/N-ethyl adjacent to an activating group) is 1. The van der Waals surface area contributed by atoms with Gasteiger partial charge in [0, 0.05) is 41.7 Å². The first-order valence-electron chi connectivity index (χ1n) is 22.6. The van der Waals surface area contributed by atoms with Crippen LogP contribution < -0.4 is 26.4 Å². The van der Waals surface area contributed by atoms with E-state index in [4.69, 9.17) is 24.9 Å². The lowest BCUT2D eigenvalue weighted by Gasteiger charge is -2.35. The van der Waals surface area contributed by atoms with Gasteiger partial charge in [0.1, 0.15) is 34.8 Å². The third-order valence-corrected chi connectivity index (χ3v) is 13.0. The van der Waals surface area contributed by atoms with Crippen LogP contribution in [0.5, 0.6) is 11.5 Å². The Morgan fingerprint density at radius 2 is 1.65 bits per heavy atom. The van der Waals surface area contributed by atoms with E-state index >= 15 is 0 Å². The number of amides is 2. The molecule has 2 fully saturated rings. The number of ketones is 1. The summed E-state index contributed by atoms with van der Waals surface area (Å²) < 4.78 is 17.3. The summed E-state index contributed by atoms with van der Waals surface area (Å²) in [6, 6.07) is 22.7. The number of hydrogen-bond acceptors (Lipinski definition) is 14. The van der Waals surface area contributed by atoms with Crippen molar-refractivity contribution in [3.05, 3.63) is 106 Å². The molecule has 6 N–H and O–H groups in total. The lowest BCUT2D eigenvalue weighted by atomic mass is 9.83. The van der Waals surface area contributed by atoms with Crippen LogP contribution in [0.3, 0.4) is 0 Å². The predicted molar refractivity (Wildman–Crippen MR) is 251 cm³/mol. The molecular formula is C49H60N8O7S. The van der Waals surface area contributed by atoms with Crippen molar-refractivity contribution in [2.45, 2.75) is 76.5 Å². The number of aromatic hydroxyl groups is 1. The molecule has 0 bridgehead atoms. The molecule has 7 rings (SSSR count). The molecule has 65 heavy (non-hydrogen) atoms. The molecule has 2 aliphatic rings. The summed E-state index contributed by atoms with van der Waals surface area (Å²) in [5.41, 5.74) is 10.8. The highest BCUT2D eigenvalue weighted by atomic mass is 32.1. The molecule has 3 heterocycles. The average molecular weight is 905 g/mol. The highest BCUT2D eigenvalue weighted by Crippen LogP contribution is 2.37. The fraction of sp³-hybridized carbons (Fsp3) is 0.429. The van der Waals surface area contributed by atoms with Crippen LogP contribution in [0.1, 0.15) is 84.5 Å². The lowest BCUT2D eigenvalue weighted by Crippen LogP contribution is -2.55. The van der Waals surface area contributed by atoms with E-state index in [1.54, 1.807) is 61.8 Å². The zero-order valence-corrected chi connectivity index (χ0v) is 38.0. The molecule has 1 aliphatic carbocycles. The van der Waals surface area contributed by atoms with Gasteiger partial charge in [0.15, 0.2) is 5.82 Å². The number of nitrogens with zero attached hydrogens (tertiary/aromatic N) is 4. The number of para-hydroxylation sites is 1. The Hall–Kier alpha value is -5.78. The summed E-state index contributed by atoms with van der Waals surface area (Å²) in [6.45, 7) is 5.79. The summed E-state index contributed by atoms with van der Waals surface area (Å²) in [6.07, 6.45) is 6.68. The number of nitrogens with one attached hydrogen (secondary N) is 3. The van der Waals surface area contributed by atoms with Crippen molar-refractivity contribution in [1.29, 1.82) is 0 Å². The predicted octanol–water partition coefficient (Wildman–Crippen LogP) is 6.32. The van der Waals surface area contributed by atoms with Crippen molar-refractivity contribution in [2.24, 2.45) is 5.92 Å². The molecule has 15 nitrogen and oxygen atoms in total. The number of phenolic OH excluding ortho intramolecular Hbond substituents is 1. The van der Waals surface area contributed by atoms with Gasteiger partial charge in [-0.15, -0.1) is 21.5 Å². The quantitative estimate of drug-likeness (QED) is 0.0382. The van der Waals surface area contributed by atoms with E-state index in [9.17, 15) is 19.5 Å². The maximum atomic E-state index is 14.2. The van der Waals surface area contributed by atoms with Crippen LogP contribution in [-0.4, -0.2) is 108 Å². The molecule has 3 atom stereocenters. The van der Waals surface area contributed by atoms with E-state index < -0.39 is 12.1 Å². The van der Waals surface area contributed by atoms with Gasteiger partial charge < -0.3 is 45.9 Å². The minimum absolute atomic E-state index is 0.0562. The minimum Gasteiger partial charge on any atom is -0.507 e. The molecule has 1 saturated heterocycles. The largest absolute Gasteiger partial charge is 0.507 e.